The van der Waals surface area contributed by atoms with Crippen LogP contribution >= 0.6 is 15.9 Å². The third-order valence-corrected chi connectivity index (χ3v) is 3.17. The predicted octanol–water partition coefficient (Wildman–Crippen LogP) is 2.14. The van der Waals surface area contributed by atoms with Crippen molar-refractivity contribution in [1.82, 2.24) is 10.6 Å². The fourth-order valence-electron chi connectivity index (χ4n) is 1.74. The second kappa shape index (κ2) is 8.56. The second-order valence-corrected chi connectivity index (χ2v) is 5.10. The van der Waals surface area contributed by atoms with Gasteiger partial charge in [0.1, 0.15) is 12.3 Å². The molecular weight excluding hydrogens is 322 g/mol. The number of ether oxygens (including phenoxy) is 1. The lowest BCUT2D eigenvalue weighted by atomic mass is 10.1. The first kappa shape index (κ1) is 16.5. The number of nitriles is 1. The molecule has 2 N–H and O–H groups in total. The van der Waals surface area contributed by atoms with Crippen LogP contribution in [-0.2, 0) is 4.79 Å². The van der Waals surface area contributed by atoms with E-state index in [1.807, 2.05) is 38.1 Å². The molecule has 0 aliphatic carbocycles. The van der Waals surface area contributed by atoms with Gasteiger partial charge in [0.15, 0.2) is 6.61 Å². The molecule has 0 saturated heterocycles. The van der Waals surface area contributed by atoms with Crippen LogP contribution in [0.2, 0.25) is 0 Å². The molecule has 0 aromatic heterocycles. The number of hydrogen-bond acceptors (Lipinski definition) is 4. The highest BCUT2D eigenvalue weighted by Crippen LogP contribution is 2.28. The molecule has 1 rings (SSSR count). The molecule has 1 aromatic carbocycles. The lowest BCUT2D eigenvalue weighted by Gasteiger charge is -2.17. The Morgan fingerprint density at radius 1 is 1.55 bits per heavy atom. The summed E-state index contributed by atoms with van der Waals surface area (Å²) in [6.45, 7) is 4.80. The maximum atomic E-state index is 11.5. The first-order valence-electron chi connectivity index (χ1n) is 6.37. The molecule has 0 fully saturated rings. The molecule has 0 saturated carbocycles. The van der Waals surface area contributed by atoms with E-state index < -0.39 is 0 Å². The lowest BCUT2D eigenvalue weighted by molar-refractivity contribution is -0.122. The van der Waals surface area contributed by atoms with E-state index in [1.165, 1.54) is 0 Å². The van der Waals surface area contributed by atoms with Crippen LogP contribution in [0, 0.1) is 11.3 Å². The number of benzene rings is 1. The quantitative estimate of drug-likeness (QED) is 0.746. The van der Waals surface area contributed by atoms with Crippen LogP contribution in [0.3, 0.4) is 0 Å². The van der Waals surface area contributed by atoms with E-state index in [4.69, 9.17) is 10.00 Å². The molecule has 0 aliphatic rings. The molecule has 0 spiro atoms. The molecule has 20 heavy (non-hydrogen) atoms. The zero-order chi connectivity index (χ0) is 15.0. The summed E-state index contributed by atoms with van der Waals surface area (Å²) in [5, 5.41) is 14.1. The second-order valence-electron chi connectivity index (χ2n) is 4.19. The van der Waals surface area contributed by atoms with Crippen LogP contribution in [0.5, 0.6) is 5.75 Å². The van der Waals surface area contributed by atoms with Gasteiger partial charge in [0.05, 0.1) is 6.07 Å². The van der Waals surface area contributed by atoms with Crippen molar-refractivity contribution in [3.8, 4) is 11.8 Å². The summed E-state index contributed by atoms with van der Waals surface area (Å²) in [7, 11) is 0. The van der Waals surface area contributed by atoms with Crippen molar-refractivity contribution in [2.75, 3.05) is 19.7 Å². The van der Waals surface area contributed by atoms with Crippen LogP contribution in [-0.4, -0.2) is 25.6 Å². The number of nitrogens with zero attached hydrogens (tertiary/aromatic N) is 1. The number of hydrogen-bond donors (Lipinski definition) is 2. The van der Waals surface area contributed by atoms with E-state index in [-0.39, 0.29) is 25.1 Å². The molecule has 0 aliphatic heterocycles. The largest absolute Gasteiger partial charge is 0.483 e. The Hall–Kier alpha value is -1.58. The summed E-state index contributed by atoms with van der Waals surface area (Å²) in [6.07, 6.45) is 0. The van der Waals surface area contributed by atoms with Gasteiger partial charge in [-0.1, -0.05) is 28.9 Å². The molecule has 1 unspecified atom stereocenters. The highest BCUT2D eigenvalue weighted by Gasteiger charge is 2.12. The van der Waals surface area contributed by atoms with Crippen LogP contribution in [0.1, 0.15) is 25.5 Å². The average molecular weight is 340 g/mol. The Morgan fingerprint density at radius 3 is 2.95 bits per heavy atom. The molecule has 1 amide bonds. The van der Waals surface area contributed by atoms with E-state index in [2.05, 4.69) is 26.6 Å². The minimum atomic E-state index is -0.312. The molecule has 1 aromatic rings. The Kier molecular flexibility index (Phi) is 7.05. The monoisotopic (exact) mass is 339 g/mol. The number of carbonyl (C=O) groups excluding carboxylic acids is 1. The van der Waals surface area contributed by atoms with Gasteiger partial charge >= 0.3 is 0 Å². The third-order valence-electron chi connectivity index (χ3n) is 2.68. The molecule has 6 heteroatoms. The topological polar surface area (TPSA) is 74.2 Å². The highest BCUT2D eigenvalue weighted by atomic mass is 79.9. The number of halogens is 1. The number of nitrogens with one attached hydrogen (secondary N) is 2. The van der Waals surface area contributed by atoms with Gasteiger partial charge in [0.25, 0.3) is 5.91 Å². The summed E-state index contributed by atoms with van der Waals surface area (Å²) in [5.74, 6) is 0.341. The number of amides is 1. The van der Waals surface area contributed by atoms with Crippen LogP contribution in [0.4, 0.5) is 0 Å². The van der Waals surface area contributed by atoms with Gasteiger partial charge in [0, 0.05) is 16.1 Å². The van der Waals surface area contributed by atoms with Crippen molar-refractivity contribution in [2.24, 2.45) is 0 Å². The maximum absolute atomic E-state index is 11.5. The minimum Gasteiger partial charge on any atom is -0.483 e. The fourth-order valence-corrected chi connectivity index (χ4v) is 2.08. The zero-order valence-corrected chi connectivity index (χ0v) is 13.2. The Morgan fingerprint density at radius 2 is 2.30 bits per heavy atom. The van der Waals surface area contributed by atoms with Crippen LogP contribution < -0.4 is 15.4 Å². The smallest absolute Gasteiger partial charge is 0.258 e. The van der Waals surface area contributed by atoms with Gasteiger partial charge in [-0.3, -0.25) is 4.79 Å². The van der Waals surface area contributed by atoms with E-state index in [0.717, 1.165) is 16.6 Å². The van der Waals surface area contributed by atoms with Gasteiger partial charge in [-0.2, -0.15) is 5.26 Å². The van der Waals surface area contributed by atoms with E-state index in [9.17, 15) is 4.79 Å². The standard InChI is InChI=1S/C14H18BrN3O2/c1-3-17-10(2)12-5-4-11(15)8-13(12)20-9-14(19)18-7-6-16/h4-5,8,10,17H,3,7,9H2,1-2H3,(H,18,19). The SMILES string of the molecule is CCNC(C)c1ccc(Br)cc1OCC(=O)NCC#N. The van der Waals surface area contributed by atoms with Gasteiger partial charge in [-0.05, 0) is 25.6 Å². The van der Waals surface area contributed by atoms with Gasteiger partial charge in [0.2, 0.25) is 0 Å². The van der Waals surface area contributed by atoms with Crippen molar-refractivity contribution in [2.45, 2.75) is 19.9 Å². The highest BCUT2D eigenvalue weighted by molar-refractivity contribution is 9.10. The van der Waals surface area contributed by atoms with Crippen molar-refractivity contribution >= 4 is 21.8 Å². The molecule has 108 valence electrons. The first-order valence-corrected chi connectivity index (χ1v) is 7.17. The van der Waals surface area contributed by atoms with Crippen molar-refractivity contribution < 1.29 is 9.53 Å². The summed E-state index contributed by atoms with van der Waals surface area (Å²) in [4.78, 5) is 11.5. The van der Waals surface area contributed by atoms with E-state index >= 15 is 0 Å². The van der Waals surface area contributed by atoms with Gasteiger partial charge in [-0.15, -0.1) is 0 Å². The Balaban J connectivity index is 2.74. The number of rotatable bonds is 7. The fraction of sp³-hybridized carbons (Fsp3) is 0.429. The Labute approximate surface area is 127 Å². The zero-order valence-electron chi connectivity index (χ0n) is 11.6. The molecule has 1 atom stereocenters. The minimum absolute atomic E-state index is 0.0126. The van der Waals surface area contributed by atoms with Gasteiger partial charge in [-0.25, -0.2) is 0 Å². The predicted molar refractivity (Wildman–Crippen MR) is 80.4 cm³/mol. The normalized spacial score (nSPS) is 11.5. The average Bonchev–Trinajstić information content (AvgIpc) is 2.43. The third kappa shape index (κ3) is 5.19. The summed E-state index contributed by atoms with van der Waals surface area (Å²) in [5.41, 5.74) is 0.989. The van der Waals surface area contributed by atoms with Crippen LogP contribution in [0.25, 0.3) is 0 Å². The van der Waals surface area contributed by atoms with Gasteiger partial charge < -0.3 is 15.4 Å². The summed E-state index contributed by atoms with van der Waals surface area (Å²) < 4.78 is 6.44. The summed E-state index contributed by atoms with van der Waals surface area (Å²) >= 11 is 3.39. The molecule has 0 radical (unpaired) electrons. The van der Waals surface area contributed by atoms with Crippen molar-refractivity contribution in [3.63, 3.8) is 0 Å². The van der Waals surface area contributed by atoms with E-state index in [0.29, 0.717) is 5.75 Å². The first-order chi connectivity index (χ1) is 9.58. The molecule has 0 bridgehead atoms. The number of carbonyl (C=O) groups is 1. The van der Waals surface area contributed by atoms with Crippen LogP contribution in [0.15, 0.2) is 22.7 Å². The molecule has 5 nitrogen and oxygen atoms in total. The van der Waals surface area contributed by atoms with E-state index in [1.54, 1.807) is 0 Å². The molecule has 0 heterocycles. The lowest BCUT2D eigenvalue weighted by Crippen LogP contribution is -2.29. The maximum Gasteiger partial charge on any atom is 0.258 e. The Bertz CT molecular complexity index is 500. The molecular formula is C14H18BrN3O2. The van der Waals surface area contributed by atoms with Crippen molar-refractivity contribution in [1.29, 1.82) is 5.26 Å². The van der Waals surface area contributed by atoms with Crippen molar-refractivity contribution in [3.05, 3.63) is 28.2 Å². The summed E-state index contributed by atoms with van der Waals surface area (Å²) in [6, 6.07) is 7.71.